The molecule has 136 valence electrons. The third-order valence-corrected chi connectivity index (χ3v) is 4.47. The first-order chi connectivity index (χ1) is 11.8. The summed E-state index contributed by atoms with van der Waals surface area (Å²) in [5.74, 6) is -0.504. The normalized spacial score (nSPS) is 11.2. The van der Waals surface area contributed by atoms with Crippen LogP contribution in [0, 0.1) is 19.7 Å². The van der Waals surface area contributed by atoms with Gasteiger partial charge in [-0.05, 0) is 45.6 Å². The SMILES string of the molecule is Cc1nn(CCN(C)C)c(C)c1CC(=O)NCc1ccc(F)cc1Cl. The summed E-state index contributed by atoms with van der Waals surface area (Å²) >= 11 is 5.98. The molecular formula is C18H24ClFN4O. The highest BCUT2D eigenvalue weighted by Crippen LogP contribution is 2.17. The molecule has 0 fully saturated rings. The fourth-order valence-corrected chi connectivity index (χ4v) is 2.82. The molecule has 0 spiro atoms. The van der Waals surface area contributed by atoms with Gasteiger partial charge in [0.25, 0.3) is 0 Å². The Balaban J connectivity index is 1.98. The van der Waals surface area contributed by atoms with Gasteiger partial charge < -0.3 is 10.2 Å². The van der Waals surface area contributed by atoms with Crippen molar-refractivity contribution in [1.29, 1.82) is 0 Å². The molecule has 7 heteroatoms. The molecule has 25 heavy (non-hydrogen) atoms. The van der Waals surface area contributed by atoms with Crippen LogP contribution >= 0.6 is 11.6 Å². The summed E-state index contributed by atoms with van der Waals surface area (Å²) in [5.41, 5.74) is 3.51. The Labute approximate surface area is 152 Å². The molecule has 1 aromatic heterocycles. The van der Waals surface area contributed by atoms with Gasteiger partial charge in [0, 0.05) is 29.4 Å². The topological polar surface area (TPSA) is 50.2 Å². The van der Waals surface area contributed by atoms with Crippen LogP contribution in [0.25, 0.3) is 0 Å². The number of aromatic nitrogens is 2. The molecule has 1 aromatic carbocycles. The number of amides is 1. The molecule has 0 radical (unpaired) electrons. The summed E-state index contributed by atoms with van der Waals surface area (Å²) in [7, 11) is 4.03. The highest BCUT2D eigenvalue weighted by molar-refractivity contribution is 6.31. The van der Waals surface area contributed by atoms with E-state index in [4.69, 9.17) is 11.6 Å². The highest BCUT2D eigenvalue weighted by Gasteiger charge is 2.15. The Morgan fingerprint density at radius 1 is 1.36 bits per heavy atom. The second-order valence-corrected chi connectivity index (χ2v) is 6.77. The quantitative estimate of drug-likeness (QED) is 0.819. The Morgan fingerprint density at radius 2 is 2.08 bits per heavy atom. The number of carbonyl (C=O) groups excluding carboxylic acids is 1. The minimum atomic E-state index is -0.392. The van der Waals surface area contributed by atoms with Crippen molar-refractivity contribution in [3.8, 4) is 0 Å². The van der Waals surface area contributed by atoms with E-state index in [0.29, 0.717) is 10.6 Å². The fourth-order valence-electron chi connectivity index (χ4n) is 2.58. The van der Waals surface area contributed by atoms with E-state index in [0.717, 1.165) is 30.0 Å². The molecule has 5 nitrogen and oxygen atoms in total. The second-order valence-electron chi connectivity index (χ2n) is 6.37. The number of nitrogens with one attached hydrogen (secondary N) is 1. The standard InChI is InChI=1S/C18H24ClFN4O/c1-12-16(13(2)24(22-12)8-7-23(3)4)10-18(25)21-11-14-5-6-15(20)9-17(14)19/h5-6,9H,7-8,10-11H2,1-4H3,(H,21,25). The zero-order valence-electron chi connectivity index (χ0n) is 15.1. The van der Waals surface area contributed by atoms with Gasteiger partial charge in [-0.2, -0.15) is 5.10 Å². The number of carbonyl (C=O) groups is 1. The van der Waals surface area contributed by atoms with Crippen LogP contribution in [-0.2, 0) is 24.3 Å². The van der Waals surface area contributed by atoms with E-state index in [2.05, 4.69) is 15.3 Å². The number of hydrogen-bond donors (Lipinski definition) is 1. The lowest BCUT2D eigenvalue weighted by atomic mass is 10.1. The lowest BCUT2D eigenvalue weighted by molar-refractivity contribution is -0.120. The van der Waals surface area contributed by atoms with Crippen LogP contribution in [0.3, 0.4) is 0 Å². The number of hydrogen-bond acceptors (Lipinski definition) is 3. The number of benzene rings is 1. The van der Waals surface area contributed by atoms with Crippen LogP contribution in [0.1, 0.15) is 22.5 Å². The van der Waals surface area contributed by atoms with Crippen molar-refractivity contribution >= 4 is 17.5 Å². The Bertz CT molecular complexity index is 758. The van der Waals surface area contributed by atoms with Gasteiger partial charge in [-0.25, -0.2) is 4.39 Å². The Hall–Kier alpha value is -1.92. The number of likely N-dealkylation sites (N-methyl/N-ethyl adjacent to an activating group) is 1. The van der Waals surface area contributed by atoms with Gasteiger partial charge in [0.2, 0.25) is 5.91 Å². The number of rotatable bonds is 7. The molecule has 0 bridgehead atoms. The minimum absolute atomic E-state index is 0.112. The largest absolute Gasteiger partial charge is 0.352 e. The van der Waals surface area contributed by atoms with Crippen molar-refractivity contribution in [1.82, 2.24) is 20.0 Å². The Kier molecular flexibility index (Phi) is 6.56. The molecular weight excluding hydrogens is 343 g/mol. The molecule has 1 N–H and O–H groups in total. The fraction of sp³-hybridized carbons (Fsp3) is 0.444. The molecule has 2 aromatic rings. The molecule has 0 aliphatic rings. The van der Waals surface area contributed by atoms with E-state index >= 15 is 0 Å². The first-order valence-corrected chi connectivity index (χ1v) is 8.54. The maximum atomic E-state index is 13.1. The van der Waals surface area contributed by atoms with E-state index in [9.17, 15) is 9.18 Å². The van der Waals surface area contributed by atoms with Crippen LogP contribution in [0.5, 0.6) is 0 Å². The van der Waals surface area contributed by atoms with E-state index in [1.54, 1.807) is 6.07 Å². The summed E-state index contributed by atoms with van der Waals surface area (Å²) in [4.78, 5) is 14.4. The summed E-state index contributed by atoms with van der Waals surface area (Å²) in [6.45, 7) is 5.83. The lowest BCUT2D eigenvalue weighted by Crippen LogP contribution is -2.25. The van der Waals surface area contributed by atoms with Crippen molar-refractivity contribution in [3.05, 3.63) is 51.6 Å². The third-order valence-electron chi connectivity index (χ3n) is 4.12. The molecule has 2 rings (SSSR count). The van der Waals surface area contributed by atoms with Crippen molar-refractivity contribution in [2.45, 2.75) is 33.4 Å². The maximum absolute atomic E-state index is 13.1. The molecule has 0 unspecified atom stereocenters. The predicted octanol–water partition coefficient (Wildman–Crippen LogP) is 2.71. The summed E-state index contributed by atoms with van der Waals surface area (Å²) < 4.78 is 15.0. The lowest BCUT2D eigenvalue weighted by Gasteiger charge is -2.11. The van der Waals surface area contributed by atoms with Crippen LogP contribution in [0.15, 0.2) is 18.2 Å². The predicted molar refractivity (Wildman–Crippen MR) is 97.2 cm³/mol. The van der Waals surface area contributed by atoms with Gasteiger partial charge >= 0.3 is 0 Å². The average Bonchev–Trinajstić information content (AvgIpc) is 2.79. The molecule has 0 atom stereocenters. The van der Waals surface area contributed by atoms with Gasteiger partial charge in [-0.15, -0.1) is 0 Å². The molecule has 0 aliphatic carbocycles. The van der Waals surface area contributed by atoms with Crippen molar-refractivity contribution in [2.75, 3.05) is 20.6 Å². The van der Waals surface area contributed by atoms with Gasteiger partial charge in [-0.1, -0.05) is 17.7 Å². The summed E-state index contributed by atoms with van der Waals surface area (Å²) in [6.07, 6.45) is 0.262. The summed E-state index contributed by atoms with van der Waals surface area (Å²) in [5, 5.41) is 7.66. The minimum Gasteiger partial charge on any atom is -0.352 e. The molecule has 1 amide bonds. The Morgan fingerprint density at radius 3 is 2.72 bits per heavy atom. The van der Waals surface area contributed by atoms with E-state index < -0.39 is 5.82 Å². The summed E-state index contributed by atoms with van der Waals surface area (Å²) in [6, 6.07) is 4.15. The number of halogens is 2. The number of aryl methyl sites for hydroxylation is 1. The smallest absolute Gasteiger partial charge is 0.224 e. The van der Waals surface area contributed by atoms with Crippen LogP contribution in [0.2, 0.25) is 5.02 Å². The van der Waals surface area contributed by atoms with E-state index in [1.807, 2.05) is 32.6 Å². The van der Waals surface area contributed by atoms with Gasteiger partial charge in [-0.3, -0.25) is 9.48 Å². The van der Waals surface area contributed by atoms with Gasteiger partial charge in [0.15, 0.2) is 0 Å². The third kappa shape index (κ3) is 5.28. The van der Waals surface area contributed by atoms with E-state index in [-0.39, 0.29) is 18.9 Å². The molecule has 1 heterocycles. The molecule has 0 aliphatic heterocycles. The van der Waals surface area contributed by atoms with Gasteiger partial charge in [0.1, 0.15) is 5.82 Å². The van der Waals surface area contributed by atoms with E-state index in [1.165, 1.54) is 12.1 Å². The van der Waals surface area contributed by atoms with Gasteiger partial charge in [0.05, 0.1) is 18.7 Å². The van der Waals surface area contributed by atoms with Crippen molar-refractivity contribution < 1.29 is 9.18 Å². The number of nitrogens with zero attached hydrogens (tertiary/aromatic N) is 3. The van der Waals surface area contributed by atoms with Crippen LogP contribution < -0.4 is 5.32 Å². The zero-order valence-corrected chi connectivity index (χ0v) is 15.8. The molecule has 0 saturated heterocycles. The maximum Gasteiger partial charge on any atom is 0.224 e. The second kappa shape index (κ2) is 8.45. The van der Waals surface area contributed by atoms with Crippen molar-refractivity contribution in [2.24, 2.45) is 0 Å². The average molecular weight is 367 g/mol. The monoisotopic (exact) mass is 366 g/mol. The van der Waals surface area contributed by atoms with Crippen molar-refractivity contribution in [3.63, 3.8) is 0 Å². The highest BCUT2D eigenvalue weighted by atomic mass is 35.5. The molecule has 0 saturated carbocycles. The first-order valence-electron chi connectivity index (χ1n) is 8.16. The van der Waals surface area contributed by atoms with Crippen LogP contribution in [-0.4, -0.2) is 41.2 Å². The zero-order chi connectivity index (χ0) is 18.6. The van der Waals surface area contributed by atoms with Crippen LogP contribution in [0.4, 0.5) is 4.39 Å². The first kappa shape index (κ1) is 19.4.